The summed E-state index contributed by atoms with van der Waals surface area (Å²) in [5, 5.41) is 29.0. The quantitative estimate of drug-likeness (QED) is 0.584. The van der Waals surface area contributed by atoms with E-state index in [-0.39, 0.29) is 6.61 Å². The van der Waals surface area contributed by atoms with Gasteiger partial charge in [0.2, 0.25) is 0 Å². The molecule has 0 saturated carbocycles. The summed E-state index contributed by atoms with van der Waals surface area (Å²) in [5.41, 5.74) is 2.41. The van der Waals surface area contributed by atoms with Gasteiger partial charge in [0.05, 0.1) is 12.3 Å². The van der Waals surface area contributed by atoms with Crippen LogP contribution in [0.25, 0.3) is 11.2 Å². The highest BCUT2D eigenvalue weighted by atomic mass is 32.1. The van der Waals surface area contributed by atoms with Gasteiger partial charge in [-0.1, -0.05) is 12.2 Å². The van der Waals surface area contributed by atoms with Gasteiger partial charge in [-0.05, 0) is 13.0 Å². The van der Waals surface area contributed by atoms with Gasteiger partial charge < -0.3 is 25.0 Å². The van der Waals surface area contributed by atoms with Crippen LogP contribution in [-0.4, -0.2) is 55.2 Å². The molecule has 2 aromatic heterocycles. The molecule has 112 valence electrons. The Hall–Kier alpha value is -1.45. The summed E-state index contributed by atoms with van der Waals surface area (Å²) < 4.78 is 5.85. The lowest BCUT2D eigenvalue weighted by atomic mass is 10.0. The van der Waals surface area contributed by atoms with Crippen LogP contribution >= 0.6 is 12.2 Å². The number of aryl methyl sites for hydroxylation is 1. The minimum atomic E-state index is -1.16. The van der Waals surface area contributed by atoms with E-state index in [1.54, 1.807) is 12.3 Å². The van der Waals surface area contributed by atoms with E-state index in [1.165, 1.54) is 0 Å². The molecule has 8 heteroatoms. The summed E-state index contributed by atoms with van der Waals surface area (Å²) in [7, 11) is 0. The molecule has 2 aromatic rings. The third kappa shape index (κ3) is 2.45. The highest BCUT2D eigenvalue weighted by Gasteiger charge is 2.43. The molecule has 0 bridgehead atoms. The topological polar surface area (TPSA) is 111 Å². The number of aliphatic hydroxyl groups excluding tert-OH is 3. The maximum atomic E-state index is 10.1. The second-order valence-electron chi connectivity index (χ2n) is 5.06. The molecule has 0 spiro atoms. The normalized spacial score (nSPS) is 29.1. The number of aliphatic hydroxyl groups is 3. The third-order valence-electron chi connectivity index (χ3n) is 3.56. The molecule has 1 aliphatic heterocycles. The maximum Gasteiger partial charge on any atom is 0.157 e. The number of pyridine rings is 1. The average Bonchev–Trinajstić information content (AvgIpc) is 2.74. The molecule has 1 unspecified atom stereocenters. The van der Waals surface area contributed by atoms with Crippen molar-refractivity contribution in [2.45, 2.75) is 31.3 Å². The molecule has 0 aromatic carbocycles. The highest BCUT2D eigenvalue weighted by Crippen LogP contribution is 2.34. The fourth-order valence-electron chi connectivity index (χ4n) is 2.44. The van der Waals surface area contributed by atoms with E-state index >= 15 is 0 Å². The van der Waals surface area contributed by atoms with Crippen LogP contribution in [0.15, 0.2) is 12.3 Å². The fraction of sp³-hybridized carbons (Fsp3) is 0.462. The molecular weight excluding hydrogens is 294 g/mol. The molecule has 21 heavy (non-hydrogen) atoms. The van der Waals surface area contributed by atoms with Gasteiger partial charge in [-0.2, -0.15) is 0 Å². The molecule has 0 radical (unpaired) electrons. The Balaban J connectivity index is 2.07. The first-order chi connectivity index (χ1) is 10.0. The van der Waals surface area contributed by atoms with Gasteiger partial charge in [0.25, 0.3) is 0 Å². The molecular formula is C13H15N3O4S. The van der Waals surface area contributed by atoms with Crippen LogP contribution < -0.4 is 0 Å². The molecule has 0 amide bonds. The number of aromatic amines is 1. The number of nitrogens with zero attached hydrogens (tertiary/aromatic N) is 2. The molecule has 4 atom stereocenters. The van der Waals surface area contributed by atoms with Crippen molar-refractivity contribution in [1.29, 1.82) is 0 Å². The third-order valence-corrected chi connectivity index (χ3v) is 3.89. The number of hydrogen-bond donors (Lipinski definition) is 4. The second-order valence-corrected chi connectivity index (χ2v) is 5.47. The van der Waals surface area contributed by atoms with E-state index in [0.717, 1.165) is 5.69 Å². The van der Waals surface area contributed by atoms with Crippen molar-refractivity contribution >= 4 is 23.4 Å². The van der Waals surface area contributed by atoms with Crippen molar-refractivity contribution in [2.75, 3.05) is 6.61 Å². The van der Waals surface area contributed by atoms with Gasteiger partial charge in [0.1, 0.15) is 34.6 Å². The van der Waals surface area contributed by atoms with E-state index in [2.05, 4.69) is 15.0 Å². The summed E-state index contributed by atoms with van der Waals surface area (Å²) in [4.78, 5) is 11.5. The SMILES string of the molecule is Cc1cnc2cc([C@@H]3O[C@H](CO)[C@H](O)C3O)c(=S)[nH]c2n1. The van der Waals surface area contributed by atoms with Crippen molar-refractivity contribution in [3.05, 3.63) is 28.2 Å². The van der Waals surface area contributed by atoms with Crippen LogP contribution in [0.5, 0.6) is 0 Å². The predicted molar refractivity (Wildman–Crippen MR) is 76.2 cm³/mol. The first kappa shape index (κ1) is 14.5. The first-order valence-electron chi connectivity index (χ1n) is 6.50. The zero-order valence-corrected chi connectivity index (χ0v) is 12.0. The summed E-state index contributed by atoms with van der Waals surface area (Å²) >= 11 is 5.27. The maximum absolute atomic E-state index is 10.1. The Morgan fingerprint density at radius 2 is 2.14 bits per heavy atom. The smallest absolute Gasteiger partial charge is 0.157 e. The average molecular weight is 309 g/mol. The number of aromatic nitrogens is 3. The van der Waals surface area contributed by atoms with Gasteiger partial charge >= 0.3 is 0 Å². The van der Waals surface area contributed by atoms with Crippen LogP contribution in [0.2, 0.25) is 0 Å². The summed E-state index contributed by atoms with van der Waals surface area (Å²) in [6.45, 7) is 1.45. The lowest BCUT2D eigenvalue weighted by Gasteiger charge is -2.15. The number of hydrogen-bond acceptors (Lipinski definition) is 7. The number of ether oxygens (including phenoxy) is 1. The van der Waals surface area contributed by atoms with Crippen LogP contribution in [0.4, 0.5) is 0 Å². The van der Waals surface area contributed by atoms with Gasteiger partial charge in [0, 0.05) is 11.8 Å². The minimum Gasteiger partial charge on any atom is -0.394 e. The molecule has 1 saturated heterocycles. The van der Waals surface area contributed by atoms with Crippen molar-refractivity contribution in [1.82, 2.24) is 15.0 Å². The Bertz CT molecular complexity index is 735. The lowest BCUT2D eigenvalue weighted by Crippen LogP contribution is -2.32. The van der Waals surface area contributed by atoms with Crippen molar-refractivity contribution in [2.24, 2.45) is 0 Å². The van der Waals surface area contributed by atoms with E-state index < -0.39 is 24.4 Å². The number of rotatable bonds is 2. The zero-order valence-electron chi connectivity index (χ0n) is 11.2. The summed E-state index contributed by atoms with van der Waals surface area (Å²) in [6, 6.07) is 1.68. The van der Waals surface area contributed by atoms with Crippen LogP contribution in [0.3, 0.4) is 0 Å². The standard InChI is InChI=1S/C13H15N3O4S/c1-5-3-14-7-2-6(13(21)16-12(7)15-5)11-10(19)9(18)8(4-17)20-11/h2-3,8-11,17-19H,4H2,1H3,(H,15,16,21)/t8-,9+,10?,11+/m1/s1. The van der Waals surface area contributed by atoms with E-state index in [1.807, 2.05) is 6.92 Å². The van der Waals surface area contributed by atoms with E-state index in [0.29, 0.717) is 21.4 Å². The van der Waals surface area contributed by atoms with Crippen molar-refractivity contribution < 1.29 is 20.1 Å². The van der Waals surface area contributed by atoms with Crippen LogP contribution in [0, 0.1) is 11.6 Å². The van der Waals surface area contributed by atoms with Crippen molar-refractivity contribution in [3.8, 4) is 0 Å². The van der Waals surface area contributed by atoms with E-state index in [9.17, 15) is 10.2 Å². The molecule has 1 aliphatic rings. The minimum absolute atomic E-state index is 0.359. The monoisotopic (exact) mass is 309 g/mol. The summed E-state index contributed by atoms with van der Waals surface area (Å²) in [6.07, 6.45) is -2.34. The Kier molecular flexibility index (Phi) is 3.72. The van der Waals surface area contributed by atoms with Crippen LogP contribution in [-0.2, 0) is 4.74 Å². The number of H-pyrrole nitrogens is 1. The molecule has 7 nitrogen and oxygen atoms in total. The van der Waals surface area contributed by atoms with Gasteiger partial charge in [-0.25, -0.2) is 4.98 Å². The lowest BCUT2D eigenvalue weighted by molar-refractivity contribution is -0.0229. The number of fused-ring (bicyclic) bond motifs is 1. The van der Waals surface area contributed by atoms with Crippen LogP contribution in [0.1, 0.15) is 17.4 Å². The molecule has 4 N–H and O–H groups in total. The number of nitrogens with one attached hydrogen (secondary N) is 1. The Morgan fingerprint density at radius 3 is 2.81 bits per heavy atom. The predicted octanol–water partition coefficient (Wildman–Crippen LogP) is 0.150. The summed E-state index contributed by atoms with van der Waals surface area (Å²) in [5.74, 6) is 0. The second kappa shape index (κ2) is 5.39. The molecule has 0 aliphatic carbocycles. The van der Waals surface area contributed by atoms with E-state index in [4.69, 9.17) is 22.1 Å². The first-order valence-corrected chi connectivity index (χ1v) is 6.91. The molecule has 1 fully saturated rings. The highest BCUT2D eigenvalue weighted by molar-refractivity contribution is 7.71. The fourth-order valence-corrected chi connectivity index (χ4v) is 2.72. The zero-order chi connectivity index (χ0) is 15.1. The Labute approximate surface area is 125 Å². The molecule has 3 heterocycles. The van der Waals surface area contributed by atoms with Crippen molar-refractivity contribution in [3.63, 3.8) is 0 Å². The molecule has 3 rings (SSSR count). The Morgan fingerprint density at radius 1 is 1.38 bits per heavy atom. The van der Waals surface area contributed by atoms with Gasteiger partial charge in [-0.3, -0.25) is 4.98 Å². The van der Waals surface area contributed by atoms with Gasteiger partial charge in [-0.15, -0.1) is 0 Å². The van der Waals surface area contributed by atoms with Gasteiger partial charge in [0.15, 0.2) is 5.65 Å². The largest absolute Gasteiger partial charge is 0.394 e.